The molecule has 1 saturated heterocycles. The van der Waals surface area contributed by atoms with E-state index in [0.717, 1.165) is 24.2 Å². The minimum Gasteiger partial charge on any atom is -0.334 e. The third-order valence-electron chi connectivity index (χ3n) is 4.61. The molecule has 2 aromatic carbocycles. The van der Waals surface area contributed by atoms with Gasteiger partial charge in [0.05, 0.1) is 11.7 Å². The summed E-state index contributed by atoms with van der Waals surface area (Å²) in [5.74, 6) is 0. The van der Waals surface area contributed by atoms with E-state index in [1.54, 1.807) is 6.20 Å². The normalized spacial score (nSPS) is 16.3. The van der Waals surface area contributed by atoms with Crippen LogP contribution in [0.15, 0.2) is 73.1 Å². The van der Waals surface area contributed by atoms with Gasteiger partial charge < -0.3 is 10.2 Å². The van der Waals surface area contributed by atoms with Gasteiger partial charge in [0.2, 0.25) is 0 Å². The van der Waals surface area contributed by atoms with E-state index in [2.05, 4.69) is 22.5 Å². The molecule has 3 aromatic rings. The maximum atomic E-state index is 12.4. The number of carbonyl (C=O) groups is 1. The number of likely N-dealkylation sites (tertiary alicyclic amines) is 1. The molecule has 4 rings (SSSR count). The zero-order valence-corrected chi connectivity index (χ0v) is 13.9. The molecule has 1 aromatic heterocycles. The quantitative estimate of drug-likeness (QED) is 0.794. The maximum Gasteiger partial charge on any atom is 0.318 e. The second-order valence-electron chi connectivity index (χ2n) is 6.18. The smallest absolute Gasteiger partial charge is 0.318 e. The van der Waals surface area contributed by atoms with E-state index in [1.807, 2.05) is 64.3 Å². The van der Waals surface area contributed by atoms with Gasteiger partial charge in [-0.15, -0.1) is 0 Å². The summed E-state index contributed by atoms with van der Waals surface area (Å²) < 4.78 is 1.81. The number of nitrogens with zero attached hydrogens (tertiary/aromatic N) is 3. The van der Waals surface area contributed by atoms with Gasteiger partial charge in [-0.1, -0.05) is 42.5 Å². The lowest BCUT2D eigenvalue weighted by molar-refractivity contribution is 0.115. The number of amides is 2. The molecule has 5 heteroatoms. The van der Waals surface area contributed by atoms with Gasteiger partial charge in [0.1, 0.15) is 0 Å². The molecule has 126 valence electrons. The molecule has 0 radical (unpaired) electrons. The van der Waals surface area contributed by atoms with E-state index in [-0.39, 0.29) is 12.1 Å². The first-order chi connectivity index (χ1) is 12.3. The van der Waals surface area contributed by atoms with Crippen molar-refractivity contribution in [3.63, 3.8) is 0 Å². The Morgan fingerprint density at radius 2 is 1.88 bits per heavy atom. The summed E-state index contributed by atoms with van der Waals surface area (Å²) in [5.41, 5.74) is 3.28. The fraction of sp³-hybridized carbons (Fsp3) is 0.200. The predicted molar refractivity (Wildman–Crippen MR) is 96.3 cm³/mol. The Kier molecular flexibility index (Phi) is 4.21. The molecule has 1 unspecified atom stereocenters. The molecule has 0 spiro atoms. The van der Waals surface area contributed by atoms with Crippen LogP contribution < -0.4 is 5.32 Å². The van der Waals surface area contributed by atoms with Crippen molar-refractivity contribution in [2.24, 2.45) is 0 Å². The molecule has 0 saturated carbocycles. The third kappa shape index (κ3) is 3.26. The predicted octanol–water partition coefficient (Wildman–Crippen LogP) is 3.53. The van der Waals surface area contributed by atoms with Gasteiger partial charge in [-0.2, -0.15) is 5.10 Å². The summed E-state index contributed by atoms with van der Waals surface area (Å²) in [6, 6.07) is 20.3. The highest BCUT2D eigenvalue weighted by Gasteiger charge is 2.32. The van der Waals surface area contributed by atoms with E-state index in [1.165, 1.54) is 5.56 Å². The molecule has 2 heterocycles. The summed E-state index contributed by atoms with van der Waals surface area (Å²) >= 11 is 0. The first-order valence-electron chi connectivity index (χ1n) is 8.49. The molecular formula is C20H20N4O. The van der Waals surface area contributed by atoms with Crippen molar-refractivity contribution in [1.29, 1.82) is 0 Å². The summed E-state index contributed by atoms with van der Waals surface area (Å²) in [7, 11) is 0. The Hall–Kier alpha value is -3.08. The van der Waals surface area contributed by atoms with E-state index in [0.29, 0.717) is 6.54 Å². The Balaban J connectivity index is 1.34. The van der Waals surface area contributed by atoms with Crippen LogP contribution in [0.2, 0.25) is 0 Å². The van der Waals surface area contributed by atoms with Crippen molar-refractivity contribution in [3.05, 3.63) is 84.2 Å². The lowest BCUT2D eigenvalue weighted by atomic mass is 9.95. The van der Waals surface area contributed by atoms with Gasteiger partial charge in [0.25, 0.3) is 0 Å². The van der Waals surface area contributed by atoms with Crippen LogP contribution in [0.4, 0.5) is 4.79 Å². The topological polar surface area (TPSA) is 50.2 Å². The Morgan fingerprint density at radius 3 is 2.52 bits per heavy atom. The number of benzene rings is 2. The van der Waals surface area contributed by atoms with Gasteiger partial charge in [-0.3, -0.25) is 0 Å². The van der Waals surface area contributed by atoms with Crippen molar-refractivity contribution in [1.82, 2.24) is 20.0 Å². The van der Waals surface area contributed by atoms with Crippen LogP contribution in [0.25, 0.3) is 5.69 Å². The average molecular weight is 332 g/mol. The number of rotatable bonds is 4. The van der Waals surface area contributed by atoms with E-state index in [4.69, 9.17) is 0 Å². The van der Waals surface area contributed by atoms with E-state index >= 15 is 0 Å². The zero-order chi connectivity index (χ0) is 17.1. The van der Waals surface area contributed by atoms with Crippen molar-refractivity contribution in [3.8, 4) is 5.69 Å². The molecule has 0 bridgehead atoms. The van der Waals surface area contributed by atoms with Crippen LogP contribution in [0.3, 0.4) is 0 Å². The van der Waals surface area contributed by atoms with Crippen LogP contribution >= 0.6 is 0 Å². The molecule has 2 amide bonds. The third-order valence-corrected chi connectivity index (χ3v) is 4.61. The number of urea groups is 1. The van der Waals surface area contributed by atoms with Crippen molar-refractivity contribution < 1.29 is 4.79 Å². The monoisotopic (exact) mass is 332 g/mol. The fourth-order valence-electron chi connectivity index (χ4n) is 3.12. The Labute approximate surface area is 146 Å². The number of hydrogen-bond acceptors (Lipinski definition) is 2. The first kappa shape index (κ1) is 15.4. The van der Waals surface area contributed by atoms with Crippen LogP contribution in [-0.4, -0.2) is 27.3 Å². The van der Waals surface area contributed by atoms with Crippen LogP contribution in [0.5, 0.6) is 0 Å². The number of carbonyl (C=O) groups excluding carboxylic acids is 1. The van der Waals surface area contributed by atoms with E-state index < -0.39 is 0 Å². The summed E-state index contributed by atoms with van der Waals surface area (Å²) in [5, 5.41) is 7.23. The maximum absolute atomic E-state index is 12.4. The molecule has 1 aliphatic rings. The average Bonchev–Trinajstić information content (AvgIpc) is 3.15. The Bertz CT molecular complexity index is 828. The minimum absolute atomic E-state index is 0.00347. The molecule has 1 atom stereocenters. The lowest BCUT2D eigenvalue weighted by Gasteiger charge is -2.41. The van der Waals surface area contributed by atoms with Gasteiger partial charge in [0, 0.05) is 25.5 Å². The first-order valence-corrected chi connectivity index (χ1v) is 8.49. The van der Waals surface area contributed by atoms with Gasteiger partial charge in [-0.25, -0.2) is 9.48 Å². The zero-order valence-electron chi connectivity index (χ0n) is 13.9. The number of nitrogens with one attached hydrogen (secondary N) is 1. The van der Waals surface area contributed by atoms with Crippen LogP contribution in [0.1, 0.15) is 23.6 Å². The second-order valence-corrected chi connectivity index (χ2v) is 6.18. The molecule has 1 N–H and O–H groups in total. The number of hydrogen-bond donors (Lipinski definition) is 1. The molecule has 25 heavy (non-hydrogen) atoms. The fourth-order valence-corrected chi connectivity index (χ4v) is 3.12. The highest BCUT2D eigenvalue weighted by molar-refractivity contribution is 5.75. The number of aromatic nitrogens is 2. The van der Waals surface area contributed by atoms with Crippen LogP contribution in [-0.2, 0) is 6.54 Å². The van der Waals surface area contributed by atoms with Crippen molar-refractivity contribution in [2.75, 3.05) is 6.54 Å². The SMILES string of the molecule is O=C(NCc1ccc(-n2cccn2)cc1)N1CCC1c1ccccc1. The van der Waals surface area contributed by atoms with Crippen molar-refractivity contribution in [2.45, 2.75) is 19.0 Å². The molecule has 1 fully saturated rings. The summed E-state index contributed by atoms with van der Waals surface area (Å²) in [6.07, 6.45) is 4.69. The molecule has 0 aliphatic carbocycles. The highest BCUT2D eigenvalue weighted by Crippen LogP contribution is 2.32. The standard InChI is InChI=1S/C20H20N4O/c25-20(23-14-11-19(23)17-5-2-1-3-6-17)21-15-16-7-9-18(10-8-16)24-13-4-12-22-24/h1-10,12-13,19H,11,14-15H2,(H,21,25). The Morgan fingerprint density at radius 1 is 1.08 bits per heavy atom. The van der Waals surface area contributed by atoms with E-state index in [9.17, 15) is 4.79 Å². The highest BCUT2D eigenvalue weighted by atomic mass is 16.2. The summed E-state index contributed by atoms with van der Waals surface area (Å²) in [6.45, 7) is 1.33. The largest absolute Gasteiger partial charge is 0.334 e. The van der Waals surface area contributed by atoms with Gasteiger partial charge in [-0.05, 0) is 35.7 Å². The lowest BCUT2D eigenvalue weighted by Crippen LogP contribution is -2.49. The molecule has 5 nitrogen and oxygen atoms in total. The minimum atomic E-state index is -0.00347. The van der Waals surface area contributed by atoms with Crippen molar-refractivity contribution >= 4 is 6.03 Å². The summed E-state index contributed by atoms with van der Waals surface area (Å²) in [4.78, 5) is 14.3. The second kappa shape index (κ2) is 6.81. The van der Waals surface area contributed by atoms with Gasteiger partial charge >= 0.3 is 6.03 Å². The molecular weight excluding hydrogens is 312 g/mol. The van der Waals surface area contributed by atoms with Crippen LogP contribution in [0, 0.1) is 0 Å². The van der Waals surface area contributed by atoms with Gasteiger partial charge in [0.15, 0.2) is 0 Å². The molecule has 1 aliphatic heterocycles.